The van der Waals surface area contributed by atoms with E-state index in [-0.39, 0.29) is 30.4 Å². The summed E-state index contributed by atoms with van der Waals surface area (Å²) in [6.07, 6.45) is 0.839. The highest BCUT2D eigenvalue weighted by atomic mass is 35.5. The Kier molecular flexibility index (Phi) is 7.33. The number of aliphatic carboxylic acids is 1. The van der Waals surface area contributed by atoms with Crippen LogP contribution in [0.15, 0.2) is 60.7 Å². The van der Waals surface area contributed by atoms with E-state index >= 15 is 0 Å². The van der Waals surface area contributed by atoms with Crippen molar-refractivity contribution in [2.45, 2.75) is 38.3 Å². The molecule has 3 aromatic rings. The SMILES string of the molecule is C[C@]1(Cc2ccc(Cl)c(F)c2)Cc2cc(C(=O)N(CCC(=O)O)Cc3cccc(Cl)c3)ccc2O1. The van der Waals surface area contributed by atoms with Crippen molar-refractivity contribution >= 4 is 35.1 Å². The van der Waals surface area contributed by atoms with Crippen LogP contribution in [0.3, 0.4) is 0 Å². The summed E-state index contributed by atoms with van der Waals surface area (Å²) in [5.74, 6) is -1.06. The van der Waals surface area contributed by atoms with Crippen molar-refractivity contribution in [1.29, 1.82) is 0 Å². The lowest BCUT2D eigenvalue weighted by atomic mass is 9.91. The van der Waals surface area contributed by atoms with Gasteiger partial charge in [-0.25, -0.2) is 4.39 Å². The van der Waals surface area contributed by atoms with Gasteiger partial charge in [-0.2, -0.15) is 0 Å². The third-order valence-electron chi connectivity index (χ3n) is 5.94. The van der Waals surface area contributed by atoms with Gasteiger partial charge in [0.2, 0.25) is 0 Å². The van der Waals surface area contributed by atoms with Gasteiger partial charge in [0.25, 0.3) is 5.91 Å². The number of carbonyl (C=O) groups is 2. The van der Waals surface area contributed by atoms with E-state index in [1.165, 1.54) is 17.0 Å². The molecule has 1 atom stereocenters. The molecule has 1 amide bonds. The van der Waals surface area contributed by atoms with Crippen LogP contribution in [-0.2, 0) is 24.2 Å². The molecule has 8 heteroatoms. The van der Waals surface area contributed by atoms with E-state index in [1.807, 2.05) is 13.0 Å². The van der Waals surface area contributed by atoms with Gasteiger partial charge in [0.05, 0.1) is 11.4 Å². The monoisotopic (exact) mass is 515 g/mol. The van der Waals surface area contributed by atoms with Crippen LogP contribution in [0, 0.1) is 5.82 Å². The molecule has 4 rings (SSSR count). The number of amides is 1. The van der Waals surface area contributed by atoms with E-state index in [2.05, 4.69) is 0 Å². The molecule has 1 aliphatic heterocycles. The minimum absolute atomic E-state index is 0.0636. The Labute approximate surface area is 213 Å². The predicted molar refractivity (Wildman–Crippen MR) is 133 cm³/mol. The first kappa shape index (κ1) is 25.0. The van der Waals surface area contributed by atoms with E-state index in [1.54, 1.807) is 42.5 Å². The fraction of sp³-hybridized carbons (Fsp3) is 0.259. The number of rotatable bonds is 8. The molecule has 0 radical (unpaired) electrons. The maximum absolute atomic E-state index is 13.9. The van der Waals surface area contributed by atoms with E-state index < -0.39 is 17.4 Å². The fourth-order valence-electron chi connectivity index (χ4n) is 4.36. The van der Waals surface area contributed by atoms with Crippen LogP contribution in [0.25, 0.3) is 0 Å². The molecule has 0 saturated heterocycles. The molecule has 0 aromatic heterocycles. The van der Waals surface area contributed by atoms with Gasteiger partial charge in [-0.15, -0.1) is 0 Å². The van der Waals surface area contributed by atoms with Crippen LogP contribution in [0.4, 0.5) is 4.39 Å². The quantitative estimate of drug-likeness (QED) is 0.388. The van der Waals surface area contributed by atoms with Crippen LogP contribution in [0.1, 0.15) is 40.4 Å². The molecular weight excluding hydrogens is 492 g/mol. The average Bonchev–Trinajstić information content (AvgIpc) is 3.13. The van der Waals surface area contributed by atoms with Crippen molar-refractivity contribution < 1.29 is 23.8 Å². The largest absolute Gasteiger partial charge is 0.487 e. The van der Waals surface area contributed by atoms with Gasteiger partial charge < -0.3 is 14.7 Å². The van der Waals surface area contributed by atoms with Gasteiger partial charge in [0.15, 0.2) is 0 Å². The topological polar surface area (TPSA) is 66.8 Å². The zero-order valence-electron chi connectivity index (χ0n) is 19.1. The second-order valence-electron chi connectivity index (χ2n) is 8.98. The summed E-state index contributed by atoms with van der Waals surface area (Å²) < 4.78 is 20.1. The van der Waals surface area contributed by atoms with Crippen molar-refractivity contribution in [3.8, 4) is 5.75 Å². The Balaban J connectivity index is 1.53. The summed E-state index contributed by atoms with van der Waals surface area (Å²) in [6, 6.07) is 17.1. The first-order chi connectivity index (χ1) is 16.6. The molecule has 0 fully saturated rings. The van der Waals surface area contributed by atoms with Crippen molar-refractivity contribution in [2.75, 3.05) is 6.54 Å². The highest BCUT2D eigenvalue weighted by Crippen LogP contribution is 2.38. The molecule has 0 spiro atoms. The number of carboxylic acids is 1. The Morgan fingerprint density at radius 1 is 1.09 bits per heavy atom. The minimum atomic E-state index is -0.981. The summed E-state index contributed by atoms with van der Waals surface area (Å²) >= 11 is 11.9. The number of fused-ring (bicyclic) bond motifs is 1. The molecule has 0 aliphatic carbocycles. The van der Waals surface area contributed by atoms with E-state index in [0.29, 0.717) is 29.2 Å². The number of carbonyl (C=O) groups excluding carboxylic acids is 1. The van der Waals surface area contributed by atoms with Gasteiger partial charge >= 0.3 is 5.97 Å². The van der Waals surface area contributed by atoms with Crippen LogP contribution >= 0.6 is 23.2 Å². The van der Waals surface area contributed by atoms with Crippen LogP contribution in [0.2, 0.25) is 10.0 Å². The summed E-state index contributed by atoms with van der Waals surface area (Å²) in [7, 11) is 0. The van der Waals surface area contributed by atoms with Crippen LogP contribution in [0.5, 0.6) is 5.75 Å². The van der Waals surface area contributed by atoms with Crippen molar-refractivity contribution in [1.82, 2.24) is 4.90 Å². The first-order valence-electron chi connectivity index (χ1n) is 11.1. The van der Waals surface area contributed by atoms with Gasteiger partial charge in [0.1, 0.15) is 17.2 Å². The summed E-state index contributed by atoms with van der Waals surface area (Å²) in [5, 5.41) is 9.77. The third kappa shape index (κ3) is 6.13. The van der Waals surface area contributed by atoms with Gasteiger partial charge in [0, 0.05) is 36.5 Å². The van der Waals surface area contributed by atoms with Crippen LogP contribution < -0.4 is 4.74 Å². The number of halogens is 3. The van der Waals surface area contributed by atoms with Crippen molar-refractivity contribution in [2.24, 2.45) is 0 Å². The molecule has 5 nitrogen and oxygen atoms in total. The number of hydrogen-bond acceptors (Lipinski definition) is 3. The number of ether oxygens (including phenoxy) is 1. The molecule has 1 N–H and O–H groups in total. The smallest absolute Gasteiger partial charge is 0.305 e. The molecule has 1 heterocycles. The molecule has 182 valence electrons. The number of hydrogen-bond donors (Lipinski definition) is 1. The second kappa shape index (κ2) is 10.3. The number of carboxylic acid groups (broad SMARTS) is 1. The summed E-state index contributed by atoms with van der Waals surface area (Å²) in [4.78, 5) is 26.1. The lowest BCUT2D eigenvalue weighted by Gasteiger charge is -2.24. The lowest BCUT2D eigenvalue weighted by molar-refractivity contribution is -0.137. The molecule has 0 unspecified atom stereocenters. The maximum Gasteiger partial charge on any atom is 0.305 e. The Bertz CT molecular complexity index is 1280. The van der Waals surface area contributed by atoms with Gasteiger partial charge in [-0.05, 0) is 66.1 Å². The van der Waals surface area contributed by atoms with E-state index in [0.717, 1.165) is 16.7 Å². The summed E-state index contributed by atoms with van der Waals surface area (Å²) in [5.41, 5.74) is 2.28. The molecule has 35 heavy (non-hydrogen) atoms. The molecule has 0 bridgehead atoms. The normalized spacial score (nSPS) is 16.5. The van der Waals surface area contributed by atoms with Gasteiger partial charge in [-0.1, -0.05) is 41.4 Å². The molecule has 1 aliphatic rings. The third-order valence-corrected chi connectivity index (χ3v) is 6.48. The molecule has 3 aromatic carbocycles. The van der Waals surface area contributed by atoms with E-state index in [9.17, 15) is 14.0 Å². The minimum Gasteiger partial charge on any atom is -0.487 e. The Morgan fingerprint density at radius 2 is 1.89 bits per heavy atom. The summed E-state index contributed by atoms with van der Waals surface area (Å²) in [6.45, 7) is 2.24. The number of benzene rings is 3. The predicted octanol–water partition coefficient (Wildman–Crippen LogP) is 6.19. The van der Waals surface area contributed by atoms with E-state index in [4.69, 9.17) is 33.0 Å². The Morgan fingerprint density at radius 3 is 2.60 bits per heavy atom. The fourth-order valence-corrected chi connectivity index (χ4v) is 4.69. The second-order valence-corrected chi connectivity index (χ2v) is 9.82. The maximum atomic E-state index is 13.9. The zero-order chi connectivity index (χ0) is 25.2. The lowest BCUT2D eigenvalue weighted by Crippen LogP contribution is -2.33. The number of nitrogens with zero attached hydrogens (tertiary/aromatic N) is 1. The average molecular weight is 516 g/mol. The molecular formula is C27H24Cl2FNO4. The van der Waals surface area contributed by atoms with Gasteiger partial charge in [-0.3, -0.25) is 9.59 Å². The van der Waals surface area contributed by atoms with Crippen LogP contribution in [-0.4, -0.2) is 34.0 Å². The van der Waals surface area contributed by atoms with Crippen molar-refractivity contribution in [3.63, 3.8) is 0 Å². The van der Waals surface area contributed by atoms with Crippen molar-refractivity contribution in [3.05, 3.63) is 98.8 Å². The Hall–Kier alpha value is -3.09. The zero-order valence-corrected chi connectivity index (χ0v) is 20.6. The highest BCUT2D eigenvalue weighted by molar-refractivity contribution is 6.31. The highest BCUT2D eigenvalue weighted by Gasteiger charge is 2.35. The standard InChI is InChI=1S/C27H24Cl2FNO4/c1-27(14-17-5-7-22(29)23(30)12-17)15-20-13-19(6-8-24(20)35-27)26(34)31(10-9-25(32)33)16-18-3-2-4-21(28)11-18/h2-8,11-13H,9-10,14-16H2,1H3,(H,32,33)/t27-/m0/s1. The first-order valence-corrected chi connectivity index (χ1v) is 11.9. The molecule has 0 saturated carbocycles.